The Morgan fingerprint density at radius 3 is 2.82 bits per heavy atom. The van der Waals surface area contributed by atoms with Crippen molar-refractivity contribution < 1.29 is 14.3 Å². The maximum absolute atomic E-state index is 10.7. The third-order valence-corrected chi connectivity index (χ3v) is 4.16. The molecular weight excluding hydrogens is 304 g/mol. The largest absolute Gasteiger partial charge is 0.478 e. The van der Waals surface area contributed by atoms with Crippen LogP contribution in [0.1, 0.15) is 16.1 Å². The van der Waals surface area contributed by atoms with E-state index in [-0.39, 0.29) is 5.56 Å². The van der Waals surface area contributed by atoms with E-state index in [1.807, 2.05) is 24.3 Å². The second kappa shape index (κ2) is 5.42. The minimum Gasteiger partial charge on any atom is -0.478 e. The van der Waals surface area contributed by atoms with Gasteiger partial charge in [-0.3, -0.25) is 0 Å². The van der Waals surface area contributed by atoms with Crippen LogP contribution in [0.25, 0.3) is 0 Å². The minimum absolute atomic E-state index is 0.188. The van der Waals surface area contributed by atoms with Crippen molar-refractivity contribution in [3.05, 3.63) is 52.4 Å². The zero-order valence-electron chi connectivity index (χ0n) is 8.72. The second-order valence-electron chi connectivity index (χ2n) is 3.33. The first kappa shape index (κ1) is 12.3. The van der Waals surface area contributed by atoms with Gasteiger partial charge in [-0.05, 0) is 34.1 Å². The Kier molecular flexibility index (Phi) is 3.91. The molecule has 17 heavy (non-hydrogen) atoms. The molecule has 0 spiro atoms. The van der Waals surface area contributed by atoms with E-state index in [4.69, 9.17) is 9.52 Å². The number of thioether (sulfide) groups is 1. The van der Waals surface area contributed by atoms with Gasteiger partial charge in [0.2, 0.25) is 0 Å². The van der Waals surface area contributed by atoms with Crippen molar-refractivity contribution in [1.29, 1.82) is 0 Å². The zero-order chi connectivity index (χ0) is 12.3. The summed E-state index contributed by atoms with van der Waals surface area (Å²) in [6.07, 6.45) is 1.26. The Morgan fingerprint density at radius 2 is 2.18 bits per heavy atom. The monoisotopic (exact) mass is 312 g/mol. The number of furan rings is 1. The Morgan fingerprint density at radius 1 is 1.41 bits per heavy atom. The number of carboxylic acids is 1. The number of rotatable bonds is 4. The van der Waals surface area contributed by atoms with E-state index < -0.39 is 5.97 Å². The number of benzene rings is 1. The van der Waals surface area contributed by atoms with E-state index in [9.17, 15) is 4.79 Å². The van der Waals surface area contributed by atoms with Crippen LogP contribution in [0.5, 0.6) is 0 Å². The lowest BCUT2D eigenvalue weighted by molar-refractivity contribution is 0.0696. The fourth-order valence-corrected chi connectivity index (χ4v) is 2.74. The lowest BCUT2D eigenvalue weighted by Crippen LogP contribution is -1.91. The van der Waals surface area contributed by atoms with Crippen molar-refractivity contribution in [3.8, 4) is 0 Å². The predicted octanol–water partition coefficient (Wildman–Crippen LogP) is 4.03. The van der Waals surface area contributed by atoms with Crippen LogP contribution in [-0.4, -0.2) is 11.1 Å². The first-order valence-corrected chi connectivity index (χ1v) is 6.62. The Hall–Kier alpha value is -1.20. The molecule has 0 unspecified atom stereocenters. The molecule has 0 fully saturated rings. The molecule has 88 valence electrons. The van der Waals surface area contributed by atoms with Gasteiger partial charge in [-0.15, -0.1) is 11.8 Å². The molecule has 0 aliphatic heterocycles. The molecule has 2 rings (SSSR count). The van der Waals surface area contributed by atoms with Crippen molar-refractivity contribution in [3.63, 3.8) is 0 Å². The van der Waals surface area contributed by atoms with Crippen LogP contribution in [-0.2, 0) is 5.75 Å². The zero-order valence-corrected chi connectivity index (χ0v) is 11.1. The molecule has 1 aromatic heterocycles. The quantitative estimate of drug-likeness (QED) is 0.866. The molecule has 0 amide bonds. The topological polar surface area (TPSA) is 50.4 Å². The molecule has 0 aliphatic rings. The summed E-state index contributed by atoms with van der Waals surface area (Å²) < 4.78 is 6.19. The van der Waals surface area contributed by atoms with Gasteiger partial charge < -0.3 is 9.52 Å². The lowest BCUT2D eigenvalue weighted by atomic mass is 10.3. The molecule has 1 N–H and O–H groups in total. The first-order valence-electron chi connectivity index (χ1n) is 4.85. The maximum Gasteiger partial charge on any atom is 0.338 e. The highest BCUT2D eigenvalue weighted by Crippen LogP contribution is 2.30. The molecule has 5 heteroatoms. The number of aromatic carboxylic acids is 1. The molecule has 2 aromatic rings. The summed E-state index contributed by atoms with van der Waals surface area (Å²) >= 11 is 5.04. The number of hydrogen-bond acceptors (Lipinski definition) is 3. The lowest BCUT2D eigenvalue weighted by Gasteiger charge is -2.01. The molecule has 0 saturated heterocycles. The van der Waals surface area contributed by atoms with Crippen molar-refractivity contribution in [2.75, 3.05) is 0 Å². The molecule has 0 atom stereocenters. The fourth-order valence-electron chi connectivity index (χ4n) is 1.28. The number of carbonyl (C=O) groups is 1. The van der Waals surface area contributed by atoms with Crippen molar-refractivity contribution >= 4 is 33.7 Å². The number of carboxylic acid groups (broad SMARTS) is 1. The van der Waals surface area contributed by atoms with Gasteiger partial charge in [-0.25, -0.2) is 4.79 Å². The molecule has 3 nitrogen and oxygen atoms in total. The summed E-state index contributed by atoms with van der Waals surface area (Å²) in [5, 5.41) is 8.75. The SMILES string of the molecule is O=C(O)c1coc(CSc2ccccc2Br)c1. The predicted molar refractivity (Wildman–Crippen MR) is 69.4 cm³/mol. The Labute approximate surface area is 111 Å². The van der Waals surface area contributed by atoms with Crippen LogP contribution < -0.4 is 0 Å². The summed E-state index contributed by atoms with van der Waals surface area (Å²) in [6.45, 7) is 0. The molecular formula is C12H9BrO3S. The van der Waals surface area contributed by atoms with Crippen molar-refractivity contribution in [2.24, 2.45) is 0 Å². The number of hydrogen-bond donors (Lipinski definition) is 1. The van der Waals surface area contributed by atoms with E-state index >= 15 is 0 Å². The second-order valence-corrected chi connectivity index (χ2v) is 5.20. The van der Waals surface area contributed by atoms with E-state index in [0.717, 1.165) is 9.37 Å². The van der Waals surface area contributed by atoms with Gasteiger partial charge >= 0.3 is 5.97 Å². The van der Waals surface area contributed by atoms with Gasteiger partial charge in [0.25, 0.3) is 0 Å². The number of halogens is 1. The highest BCUT2D eigenvalue weighted by molar-refractivity contribution is 9.10. The highest BCUT2D eigenvalue weighted by Gasteiger charge is 2.09. The normalized spacial score (nSPS) is 10.4. The molecule has 0 bridgehead atoms. The van der Waals surface area contributed by atoms with E-state index in [1.165, 1.54) is 6.26 Å². The van der Waals surface area contributed by atoms with Gasteiger partial charge in [0.15, 0.2) is 0 Å². The summed E-state index contributed by atoms with van der Waals surface area (Å²) in [5.74, 6) is 0.296. The average molecular weight is 313 g/mol. The molecule has 1 aromatic carbocycles. The van der Waals surface area contributed by atoms with Gasteiger partial charge in [-0.2, -0.15) is 0 Å². The van der Waals surface area contributed by atoms with E-state index in [2.05, 4.69) is 15.9 Å². The summed E-state index contributed by atoms with van der Waals surface area (Å²) in [4.78, 5) is 11.8. The van der Waals surface area contributed by atoms with Crippen LogP contribution in [0, 0.1) is 0 Å². The van der Waals surface area contributed by atoms with E-state index in [1.54, 1.807) is 17.8 Å². The third kappa shape index (κ3) is 3.14. The minimum atomic E-state index is -0.967. The fraction of sp³-hybridized carbons (Fsp3) is 0.0833. The van der Waals surface area contributed by atoms with Crippen molar-refractivity contribution in [1.82, 2.24) is 0 Å². The van der Waals surface area contributed by atoms with Crippen LogP contribution in [0.2, 0.25) is 0 Å². The highest BCUT2D eigenvalue weighted by atomic mass is 79.9. The maximum atomic E-state index is 10.7. The van der Waals surface area contributed by atoms with Gasteiger partial charge in [-0.1, -0.05) is 12.1 Å². The third-order valence-electron chi connectivity index (χ3n) is 2.11. The van der Waals surface area contributed by atoms with Gasteiger partial charge in [0.05, 0.1) is 11.3 Å². The summed E-state index contributed by atoms with van der Waals surface area (Å²) in [7, 11) is 0. The van der Waals surface area contributed by atoms with Crippen LogP contribution in [0.4, 0.5) is 0 Å². The standard InChI is InChI=1S/C12H9BrO3S/c13-10-3-1-2-4-11(10)17-7-9-5-8(6-16-9)12(14)15/h1-6H,7H2,(H,14,15). The van der Waals surface area contributed by atoms with Crippen molar-refractivity contribution in [2.45, 2.75) is 10.6 Å². The molecule has 0 radical (unpaired) electrons. The first-order chi connectivity index (χ1) is 8.16. The smallest absolute Gasteiger partial charge is 0.338 e. The molecule has 0 aliphatic carbocycles. The summed E-state index contributed by atoms with van der Waals surface area (Å²) in [5.41, 5.74) is 0.188. The average Bonchev–Trinajstić information content (AvgIpc) is 2.77. The molecule has 0 saturated carbocycles. The Bertz CT molecular complexity index is 536. The molecule has 1 heterocycles. The summed E-state index contributed by atoms with van der Waals surface area (Å²) in [6, 6.07) is 9.41. The van der Waals surface area contributed by atoms with Gasteiger partial charge in [0.1, 0.15) is 12.0 Å². The Balaban J connectivity index is 2.02. The van der Waals surface area contributed by atoms with E-state index in [0.29, 0.717) is 11.5 Å². The van der Waals surface area contributed by atoms with Gasteiger partial charge in [0, 0.05) is 9.37 Å². The van der Waals surface area contributed by atoms with Crippen LogP contribution >= 0.6 is 27.7 Å². The van der Waals surface area contributed by atoms with Crippen LogP contribution in [0.15, 0.2) is 50.4 Å². The van der Waals surface area contributed by atoms with Crippen LogP contribution in [0.3, 0.4) is 0 Å².